The number of hydrogen-bond acceptors (Lipinski definition) is 3. The van der Waals surface area contributed by atoms with Gasteiger partial charge in [-0.3, -0.25) is 4.79 Å². The predicted molar refractivity (Wildman–Crippen MR) is 37.8 cm³/mol. The third-order valence-corrected chi connectivity index (χ3v) is 0.902. The fraction of sp³-hybridized carbons (Fsp3) is 0.143. The van der Waals surface area contributed by atoms with Crippen molar-refractivity contribution in [2.45, 2.75) is 6.18 Å². The van der Waals surface area contributed by atoms with E-state index in [1.54, 1.807) is 12.1 Å². The lowest BCUT2D eigenvalue weighted by molar-refractivity contribution is -0.192. The van der Waals surface area contributed by atoms with Crippen LogP contribution in [-0.4, -0.2) is 23.5 Å². The zero-order valence-corrected chi connectivity index (χ0v) is 6.62. The van der Waals surface area contributed by atoms with E-state index in [0.29, 0.717) is 12.0 Å². The van der Waals surface area contributed by atoms with E-state index in [0.717, 1.165) is 0 Å². The van der Waals surface area contributed by atoms with Crippen LogP contribution in [0.3, 0.4) is 0 Å². The Bertz CT molecular complexity index is 288. The molecule has 4 nitrogen and oxygen atoms in total. The highest BCUT2D eigenvalue weighted by Crippen LogP contribution is 2.13. The number of carboxylic acid groups (broad SMARTS) is 1. The summed E-state index contributed by atoms with van der Waals surface area (Å²) in [5.41, 5.74) is 0. The molecule has 7 heteroatoms. The van der Waals surface area contributed by atoms with Crippen LogP contribution in [0.1, 0.15) is 10.6 Å². The average molecular weight is 210 g/mol. The number of furan rings is 1. The Kier molecular flexibility index (Phi) is 4.41. The van der Waals surface area contributed by atoms with Gasteiger partial charge in [-0.05, 0) is 12.1 Å². The van der Waals surface area contributed by atoms with Crippen LogP contribution in [-0.2, 0) is 4.79 Å². The number of aldehydes is 1. The molecular formula is C7H5F3O4. The van der Waals surface area contributed by atoms with Crippen molar-refractivity contribution in [3.63, 3.8) is 0 Å². The van der Waals surface area contributed by atoms with E-state index in [9.17, 15) is 18.0 Å². The topological polar surface area (TPSA) is 67.5 Å². The van der Waals surface area contributed by atoms with Gasteiger partial charge < -0.3 is 9.52 Å². The van der Waals surface area contributed by atoms with Gasteiger partial charge in [0.15, 0.2) is 12.0 Å². The molecule has 0 aliphatic rings. The lowest BCUT2D eigenvalue weighted by Gasteiger charge is -1.93. The van der Waals surface area contributed by atoms with Crippen LogP contribution in [0.15, 0.2) is 22.8 Å². The van der Waals surface area contributed by atoms with Gasteiger partial charge in [-0.25, -0.2) is 4.79 Å². The minimum Gasteiger partial charge on any atom is -0.475 e. The number of hydrogen-bond donors (Lipinski definition) is 1. The van der Waals surface area contributed by atoms with Crippen molar-refractivity contribution in [1.29, 1.82) is 0 Å². The van der Waals surface area contributed by atoms with E-state index in [1.807, 2.05) is 0 Å². The van der Waals surface area contributed by atoms with Crippen molar-refractivity contribution in [3.05, 3.63) is 24.2 Å². The molecule has 1 heterocycles. The molecule has 0 saturated heterocycles. The van der Waals surface area contributed by atoms with Crippen molar-refractivity contribution < 1.29 is 32.3 Å². The van der Waals surface area contributed by atoms with Crippen molar-refractivity contribution in [3.8, 4) is 0 Å². The van der Waals surface area contributed by atoms with E-state index in [1.165, 1.54) is 6.26 Å². The van der Waals surface area contributed by atoms with E-state index >= 15 is 0 Å². The quantitative estimate of drug-likeness (QED) is 0.716. The van der Waals surface area contributed by atoms with Gasteiger partial charge in [-0.2, -0.15) is 13.2 Å². The first-order valence-corrected chi connectivity index (χ1v) is 3.16. The molecule has 1 N–H and O–H groups in total. The zero-order chi connectivity index (χ0) is 11.2. The van der Waals surface area contributed by atoms with Crippen LogP contribution in [0.2, 0.25) is 0 Å². The second-order valence-electron chi connectivity index (χ2n) is 1.94. The van der Waals surface area contributed by atoms with Crippen molar-refractivity contribution in [1.82, 2.24) is 0 Å². The largest absolute Gasteiger partial charge is 0.490 e. The molecule has 0 radical (unpaired) electrons. The summed E-state index contributed by atoms with van der Waals surface area (Å²) in [6.07, 6.45) is -2.95. The van der Waals surface area contributed by atoms with Gasteiger partial charge in [0.05, 0.1) is 6.26 Å². The van der Waals surface area contributed by atoms with Gasteiger partial charge in [0.2, 0.25) is 0 Å². The summed E-state index contributed by atoms with van der Waals surface area (Å²) < 4.78 is 36.4. The van der Waals surface area contributed by atoms with Crippen LogP contribution in [0.25, 0.3) is 0 Å². The third kappa shape index (κ3) is 4.96. The zero-order valence-electron chi connectivity index (χ0n) is 6.62. The molecule has 0 aliphatic heterocycles. The molecule has 0 spiro atoms. The molecule has 0 amide bonds. The van der Waals surface area contributed by atoms with Crippen molar-refractivity contribution >= 4 is 12.3 Å². The van der Waals surface area contributed by atoms with Crippen molar-refractivity contribution in [2.24, 2.45) is 0 Å². The monoisotopic (exact) mass is 210 g/mol. The summed E-state index contributed by atoms with van der Waals surface area (Å²) in [5.74, 6) is -2.38. The smallest absolute Gasteiger partial charge is 0.475 e. The number of halogens is 3. The maximum absolute atomic E-state index is 10.6. The summed E-state index contributed by atoms with van der Waals surface area (Å²) in [5, 5.41) is 7.12. The van der Waals surface area contributed by atoms with Gasteiger partial charge in [0.25, 0.3) is 0 Å². The van der Waals surface area contributed by atoms with Crippen LogP contribution < -0.4 is 0 Å². The number of aliphatic carboxylic acids is 1. The predicted octanol–water partition coefficient (Wildman–Crippen LogP) is 1.73. The summed E-state index contributed by atoms with van der Waals surface area (Å²) in [4.78, 5) is 18.7. The molecular weight excluding hydrogens is 205 g/mol. The molecule has 1 rings (SSSR count). The highest BCUT2D eigenvalue weighted by molar-refractivity contribution is 5.73. The van der Waals surface area contributed by atoms with E-state index in [4.69, 9.17) is 9.90 Å². The van der Waals surface area contributed by atoms with Crippen molar-refractivity contribution in [2.75, 3.05) is 0 Å². The highest BCUT2D eigenvalue weighted by Gasteiger charge is 2.38. The number of carbonyl (C=O) groups excluding carboxylic acids is 1. The second-order valence-corrected chi connectivity index (χ2v) is 1.94. The summed E-state index contributed by atoms with van der Waals surface area (Å²) >= 11 is 0. The minimum absolute atomic E-state index is 0.375. The van der Waals surface area contributed by atoms with Crippen LogP contribution >= 0.6 is 0 Å². The number of rotatable bonds is 1. The normalized spacial score (nSPS) is 9.93. The highest BCUT2D eigenvalue weighted by atomic mass is 19.4. The van der Waals surface area contributed by atoms with Gasteiger partial charge in [-0.15, -0.1) is 0 Å². The molecule has 0 atom stereocenters. The first-order valence-electron chi connectivity index (χ1n) is 3.16. The molecule has 0 saturated carbocycles. The van der Waals surface area contributed by atoms with Crippen LogP contribution in [0.5, 0.6) is 0 Å². The number of carbonyl (C=O) groups is 2. The molecule has 0 bridgehead atoms. The SMILES string of the molecule is O=C(O)C(F)(F)F.O=Cc1ccco1. The average Bonchev–Trinajstić information content (AvgIpc) is 2.54. The standard InChI is InChI=1S/C5H4O2.C2HF3O2/c6-4-5-2-1-3-7-5;3-2(4,5)1(6)7/h1-4H;(H,6,7). The second kappa shape index (κ2) is 5.05. The Morgan fingerprint density at radius 2 is 2.00 bits per heavy atom. The Labute approximate surface area is 75.9 Å². The van der Waals surface area contributed by atoms with Gasteiger partial charge in [0.1, 0.15) is 0 Å². The fourth-order valence-electron chi connectivity index (χ4n) is 0.358. The van der Waals surface area contributed by atoms with Gasteiger partial charge in [-0.1, -0.05) is 0 Å². The Hall–Kier alpha value is -1.79. The summed E-state index contributed by atoms with van der Waals surface area (Å²) in [7, 11) is 0. The molecule has 1 aromatic rings. The minimum atomic E-state index is -5.08. The number of alkyl halides is 3. The summed E-state index contributed by atoms with van der Waals surface area (Å²) in [6.45, 7) is 0. The molecule has 1 aromatic heterocycles. The lowest BCUT2D eigenvalue weighted by atomic mass is 10.5. The molecule has 0 aliphatic carbocycles. The Morgan fingerprint density at radius 1 is 1.50 bits per heavy atom. The van der Waals surface area contributed by atoms with Crippen LogP contribution in [0, 0.1) is 0 Å². The molecule has 0 aromatic carbocycles. The third-order valence-electron chi connectivity index (χ3n) is 0.902. The van der Waals surface area contributed by atoms with E-state index in [-0.39, 0.29) is 0 Å². The summed E-state index contributed by atoms with van der Waals surface area (Å²) in [6, 6.07) is 3.27. The Balaban J connectivity index is 0.000000241. The Morgan fingerprint density at radius 3 is 2.14 bits per heavy atom. The maximum Gasteiger partial charge on any atom is 0.490 e. The molecule has 78 valence electrons. The molecule has 0 fully saturated rings. The van der Waals surface area contributed by atoms with E-state index in [2.05, 4.69) is 4.42 Å². The van der Waals surface area contributed by atoms with Crippen LogP contribution in [0.4, 0.5) is 13.2 Å². The number of carboxylic acids is 1. The molecule has 0 unspecified atom stereocenters. The molecule has 14 heavy (non-hydrogen) atoms. The van der Waals surface area contributed by atoms with Gasteiger partial charge in [0, 0.05) is 0 Å². The van der Waals surface area contributed by atoms with E-state index < -0.39 is 12.1 Å². The van der Waals surface area contributed by atoms with Gasteiger partial charge >= 0.3 is 12.1 Å². The first-order chi connectivity index (χ1) is 6.38. The fourth-order valence-corrected chi connectivity index (χ4v) is 0.358. The first kappa shape index (κ1) is 12.2. The lowest BCUT2D eigenvalue weighted by Crippen LogP contribution is -2.21. The maximum atomic E-state index is 10.6.